The largest absolute Gasteiger partial charge is 0.497 e. The maximum Gasteiger partial charge on any atom is 0.262 e. The highest BCUT2D eigenvalue weighted by molar-refractivity contribution is 7.67. The Bertz CT molecular complexity index is 1380. The van der Waals surface area contributed by atoms with Gasteiger partial charge in [-0.2, -0.15) is 0 Å². The van der Waals surface area contributed by atoms with Gasteiger partial charge in [0.15, 0.2) is 5.85 Å². The zero-order chi connectivity index (χ0) is 28.5. The molecule has 41 heavy (non-hydrogen) atoms. The number of aliphatic hydroxyl groups is 1. The molecule has 1 heterocycles. The molecule has 0 radical (unpaired) electrons. The summed E-state index contributed by atoms with van der Waals surface area (Å²) in [6.45, 7) is 0.895. The van der Waals surface area contributed by atoms with E-state index in [4.69, 9.17) is 23.5 Å². The molecule has 8 heteroatoms. The van der Waals surface area contributed by atoms with Crippen molar-refractivity contribution >= 4 is 12.7 Å². The van der Waals surface area contributed by atoms with E-state index in [9.17, 15) is 9.67 Å². The van der Waals surface area contributed by atoms with Crippen LogP contribution in [0.4, 0.5) is 0 Å². The Morgan fingerprint density at radius 2 is 1.17 bits per heavy atom. The highest BCUT2D eigenvalue weighted by Gasteiger charge is 2.54. The van der Waals surface area contributed by atoms with E-state index in [-0.39, 0.29) is 19.8 Å². The van der Waals surface area contributed by atoms with Crippen molar-refractivity contribution in [2.75, 3.05) is 13.7 Å². The van der Waals surface area contributed by atoms with E-state index < -0.39 is 31.5 Å². The van der Waals surface area contributed by atoms with E-state index in [1.165, 1.54) is 0 Å². The van der Waals surface area contributed by atoms with Crippen LogP contribution < -0.4 is 10.0 Å². The SMILES string of the molecule is COc1ccc([P@]2(=O)O[C@H](COCc3ccccc3)[C@@H](OCc3ccccc3)[C@H](OCc3ccccc3)C2O)cc1. The number of hydrogen-bond acceptors (Lipinski definition) is 7. The molecule has 1 aliphatic rings. The van der Waals surface area contributed by atoms with Crippen LogP contribution >= 0.6 is 7.37 Å². The highest BCUT2D eigenvalue weighted by Crippen LogP contribution is 2.57. The fraction of sp³-hybridized carbons (Fsp3) is 0.273. The molecule has 0 bridgehead atoms. The van der Waals surface area contributed by atoms with E-state index >= 15 is 0 Å². The van der Waals surface area contributed by atoms with E-state index in [0.29, 0.717) is 17.7 Å². The molecule has 0 aliphatic carbocycles. The topological polar surface area (TPSA) is 83.5 Å². The van der Waals surface area contributed by atoms with Crippen LogP contribution in [0, 0.1) is 0 Å². The Labute approximate surface area is 241 Å². The smallest absolute Gasteiger partial charge is 0.262 e. The molecule has 1 N–H and O–H groups in total. The third kappa shape index (κ3) is 7.32. The van der Waals surface area contributed by atoms with Gasteiger partial charge < -0.3 is 28.6 Å². The molecule has 4 aromatic carbocycles. The van der Waals surface area contributed by atoms with Crippen molar-refractivity contribution in [2.24, 2.45) is 0 Å². The zero-order valence-electron chi connectivity index (χ0n) is 23.0. The minimum atomic E-state index is -3.85. The number of ether oxygens (including phenoxy) is 4. The molecule has 1 aliphatic heterocycles. The Morgan fingerprint density at radius 3 is 1.68 bits per heavy atom. The summed E-state index contributed by atoms with van der Waals surface area (Å²) in [5.41, 5.74) is 2.88. The predicted molar refractivity (Wildman–Crippen MR) is 157 cm³/mol. The molecule has 214 valence electrons. The van der Waals surface area contributed by atoms with Crippen molar-refractivity contribution in [1.29, 1.82) is 0 Å². The monoisotopic (exact) mass is 574 g/mol. The molecule has 7 nitrogen and oxygen atoms in total. The summed E-state index contributed by atoms with van der Waals surface area (Å²) in [6.07, 6.45) is -2.49. The number of methoxy groups -OCH3 is 1. The lowest BCUT2D eigenvalue weighted by Gasteiger charge is -2.44. The second kappa shape index (κ2) is 14.1. The molecule has 0 aromatic heterocycles. The van der Waals surface area contributed by atoms with Gasteiger partial charge in [-0.3, -0.25) is 4.57 Å². The number of benzene rings is 4. The van der Waals surface area contributed by atoms with Crippen molar-refractivity contribution in [2.45, 2.75) is 44.0 Å². The standard InChI is InChI=1S/C33H35O7P/c1-36-28-17-19-29(20-18-28)41(35)33(34)32(39-23-27-15-9-4-10-16-27)31(38-22-26-13-7-3-8-14-26)30(40-41)24-37-21-25-11-5-2-6-12-25/h2-20,30-34H,21-24H2,1H3/t30-,31-,32+,33?,41+/m1/s1. The molecule has 1 saturated heterocycles. The van der Waals surface area contributed by atoms with Crippen molar-refractivity contribution in [3.05, 3.63) is 132 Å². The van der Waals surface area contributed by atoms with Gasteiger partial charge in [-0.25, -0.2) is 0 Å². The lowest BCUT2D eigenvalue weighted by atomic mass is 10.1. The quantitative estimate of drug-likeness (QED) is 0.217. The normalized spacial score (nSPS) is 24.1. The van der Waals surface area contributed by atoms with Crippen LogP contribution in [-0.2, 0) is 43.1 Å². The second-order valence-corrected chi connectivity index (χ2v) is 12.3. The van der Waals surface area contributed by atoms with Gasteiger partial charge in [0.1, 0.15) is 24.1 Å². The molecule has 5 atom stereocenters. The lowest BCUT2D eigenvalue weighted by Crippen LogP contribution is -2.55. The molecular formula is C33H35O7P. The molecule has 1 fully saturated rings. The Balaban J connectivity index is 1.45. The van der Waals surface area contributed by atoms with Crippen LogP contribution in [0.15, 0.2) is 115 Å². The fourth-order valence-corrected chi connectivity index (χ4v) is 7.15. The van der Waals surface area contributed by atoms with Gasteiger partial charge in [-0.1, -0.05) is 91.0 Å². The predicted octanol–water partition coefficient (Wildman–Crippen LogP) is 5.70. The molecule has 1 unspecified atom stereocenters. The van der Waals surface area contributed by atoms with Crippen molar-refractivity contribution in [3.63, 3.8) is 0 Å². The minimum absolute atomic E-state index is 0.0897. The van der Waals surface area contributed by atoms with Crippen LogP contribution in [0.2, 0.25) is 0 Å². The Kier molecular flexibility index (Phi) is 10.0. The van der Waals surface area contributed by atoms with Crippen molar-refractivity contribution in [1.82, 2.24) is 0 Å². The number of aliphatic hydroxyl groups excluding tert-OH is 1. The van der Waals surface area contributed by atoms with E-state index in [1.807, 2.05) is 91.0 Å². The molecular weight excluding hydrogens is 539 g/mol. The van der Waals surface area contributed by atoms with E-state index in [0.717, 1.165) is 16.7 Å². The lowest BCUT2D eigenvalue weighted by molar-refractivity contribution is -0.174. The van der Waals surface area contributed by atoms with Crippen LogP contribution in [0.5, 0.6) is 5.75 Å². The van der Waals surface area contributed by atoms with Gasteiger partial charge in [0, 0.05) is 5.30 Å². The van der Waals surface area contributed by atoms with Gasteiger partial charge in [-0.15, -0.1) is 0 Å². The molecule has 4 aromatic rings. The first-order chi connectivity index (χ1) is 20.1. The van der Waals surface area contributed by atoms with Gasteiger partial charge in [-0.05, 0) is 41.0 Å². The first kappa shape index (κ1) is 29.2. The highest BCUT2D eigenvalue weighted by atomic mass is 31.2. The third-order valence-electron chi connectivity index (χ3n) is 7.02. The maximum atomic E-state index is 14.5. The van der Waals surface area contributed by atoms with Gasteiger partial charge in [0.25, 0.3) is 7.37 Å². The number of hydrogen-bond donors (Lipinski definition) is 1. The van der Waals surface area contributed by atoms with Crippen LogP contribution in [-0.4, -0.2) is 43.0 Å². The van der Waals surface area contributed by atoms with Gasteiger partial charge in [0.2, 0.25) is 0 Å². The molecule has 0 saturated carbocycles. The van der Waals surface area contributed by atoms with Crippen LogP contribution in [0.1, 0.15) is 16.7 Å². The molecule has 0 spiro atoms. The average molecular weight is 575 g/mol. The van der Waals surface area contributed by atoms with Crippen molar-refractivity contribution in [3.8, 4) is 5.75 Å². The van der Waals surface area contributed by atoms with Crippen molar-refractivity contribution < 1.29 is 33.1 Å². The Hall–Kier alpha value is -3.29. The van der Waals surface area contributed by atoms with Gasteiger partial charge >= 0.3 is 0 Å². The summed E-state index contributed by atoms with van der Waals surface area (Å²) in [4.78, 5) is 0. The van der Waals surface area contributed by atoms with E-state index in [1.54, 1.807) is 31.4 Å². The Morgan fingerprint density at radius 1 is 0.683 bits per heavy atom. The summed E-state index contributed by atoms with van der Waals surface area (Å²) in [5.74, 6) is -0.860. The summed E-state index contributed by atoms with van der Waals surface area (Å²) in [7, 11) is -2.29. The van der Waals surface area contributed by atoms with Crippen LogP contribution in [0.3, 0.4) is 0 Å². The summed E-state index contributed by atoms with van der Waals surface area (Å²) in [5, 5.41) is 12.0. The van der Waals surface area contributed by atoms with Crippen LogP contribution in [0.25, 0.3) is 0 Å². The molecule has 5 rings (SSSR count). The van der Waals surface area contributed by atoms with E-state index in [2.05, 4.69) is 0 Å². The summed E-state index contributed by atoms with van der Waals surface area (Å²) < 4.78 is 44.9. The number of rotatable bonds is 12. The second-order valence-electron chi connectivity index (χ2n) is 9.88. The minimum Gasteiger partial charge on any atom is -0.497 e. The zero-order valence-corrected chi connectivity index (χ0v) is 23.8. The maximum absolute atomic E-state index is 14.5. The third-order valence-corrected chi connectivity index (χ3v) is 9.61. The first-order valence-electron chi connectivity index (χ1n) is 13.6. The van der Waals surface area contributed by atoms with Gasteiger partial charge in [0.05, 0.1) is 33.5 Å². The summed E-state index contributed by atoms with van der Waals surface area (Å²) >= 11 is 0. The molecule has 0 amide bonds. The fourth-order valence-electron chi connectivity index (χ4n) is 4.81. The average Bonchev–Trinajstić information content (AvgIpc) is 3.03. The summed E-state index contributed by atoms with van der Waals surface area (Å²) in [6, 6.07) is 35.9. The first-order valence-corrected chi connectivity index (χ1v) is 15.3.